The van der Waals surface area contributed by atoms with Crippen molar-refractivity contribution in [2.24, 2.45) is 0 Å². The minimum absolute atomic E-state index is 0.275. The smallest absolute Gasteiger partial charge is 0.186 e. The van der Waals surface area contributed by atoms with E-state index in [1.165, 1.54) is 11.1 Å². The Labute approximate surface area is 158 Å². The molecule has 1 atom stereocenters. The number of anilines is 1. The molecule has 0 saturated carbocycles. The van der Waals surface area contributed by atoms with Gasteiger partial charge in [0.2, 0.25) is 0 Å². The molecule has 2 N–H and O–H groups in total. The second kappa shape index (κ2) is 7.93. The van der Waals surface area contributed by atoms with Gasteiger partial charge in [-0.15, -0.1) is 11.3 Å². The Hall–Kier alpha value is -2.31. The molecular weight excluding hydrogens is 344 g/mol. The van der Waals surface area contributed by atoms with E-state index in [-0.39, 0.29) is 6.04 Å². The van der Waals surface area contributed by atoms with Crippen molar-refractivity contribution in [2.75, 3.05) is 37.7 Å². The van der Waals surface area contributed by atoms with Crippen molar-refractivity contribution in [1.29, 1.82) is 0 Å². The van der Waals surface area contributed by atoms with Crippen molar-refractivity contribution in [3.8, 4) is 11.3 Å². The molecule has 1 aromatic carbocycles. The van der Waals surface area contributed by atoms with Gasteiger partial charge in [0.25, 0.3) is 0 Å². The SMILES string of the molecule is Cc1ccc(-c2csc(N3CCNCC3COC3=CNCC=C3)n2)cc1. The average molecular weight is 369 g/mol. The molecule has 136 valence electrons. The first-order chi connectivity index (χ1) is 12.8. The predicted octanol–water partition coefficient (Wildman–Crippen LogP) is 2.91. The van der Waals surface area contributed by atoms with Crippen LogP contribution in [0.5, 0.6) is 0 Å². The quantitative estimate of drug-likeness (QED) is 0.850. The molecule has 2 aromatic rings. The molecule has 2 aliphatic rings. The largest absolute Gasteiger partial charge is 0.490 e. The van der Waals surface area contributed by atoms with Crippen LogP contribution in [0.3, 0.4) is 0 Å². The van der Waals surface area contributed by atoms with Crippen LogP contribution >= 0.6 is 11.3 Å². The third kappa shape index (κ3) is 3.92. The number of rotatable bonds is 5. The van der Waals surface area contributed by atoms with Gasteiger partial charge < -0.3 is 20.3 Å². The summed E-state index contributed by atoms with van der Waals surface area (Å²) in [4.78, 5) is 7.27. The number of thiazole rings is 1. The highest BCUT2D eigenvalue weighted by Gasteiger charge is 2.25. The van der Waals surface area contributed by atoms with Gasteiger partial charge in [-0.2, -0.15) is 0 Å². The molecule has 0 spiro atoms. The lowest BCUT2D eigenvalue weighted by molar-refractivity contribution is 0.190. The van der Waals surface area contributed by atoms with Gasteiger partial charge in [-0.05, 0) is 13.0 Å². The highest BCUT2D eigenvalue weighted by molar-refractivity contribution is 7.14. The van der Waals surface area contributed by atoms with Crippen LogP contribution in [-0.2, 0) is 4.74 Å². The highest BCUT2D eigenvalue weighted by Crippen LogP contribution is 2.29. The van der Waals surface area contributed by atoms with Crippen molar-refractivity contribution in [1.82, 2.24) is 15.6 Å². The van der Waals surface area contributed by atoms with Crippen molar-refractivity contribution in [3.63, 3.8) is 0 Å². The molecule has 5 nitrogen and oxygen atoms in total. The number of hydrogen-bond donors (Lipinski definition) is 2. The molecule has 0 bridgehead atoms. The van der Waals surface area contributed by atoms with Crippen LogP contribution in [-0.4, -0.2) is 43.8 Å². The Morgan fingerprint density at radius 1 is 1.31 bits per heavy atom. The molecule has 1 aromatic heterocycles. The Kier molecular flexibility index (Phi) is 5.22. The third-order valence-electron chi connectivity index (χ3n) is 4.64. The van der Waals surface area contributed by atoms with E-state index in [2.05, 4.69) is 58.2 Å². The van der Waals surface area contributed by atoms with Gasteiger partial charge in [0.05, 0.1) is 11.7 Å². The van der Waals surface area contributed by atoms with Gasteiger partial charge in [0, 0.05) is 43.3 Å². The molecule has 1 saturated heterocycles. The lowest BCUT2D eigenvalue weighted by Gasteiger charge is -2.36. The monoisotopic (exact) mass is 368 g/mol. The normalized spacial score (nSPS) is 19.8. The van der Waals surface area contributed by atoms with Gasteiger partial charge in [0.1, 0.15) is 12.4 Å². The fraction of sp³-hybridized carbons (Fsp3) is 0.350. The standard InChI is InChI=1S/C20H24N4OS/c1-15-4-6-16(7-5-15)19-14-26-20(23-19)24-10-9-22-11-17(24)13-25-18-3-2-8-21-12-18/h2-7,12,14,17,21-22H,8-11,13H2,1H3. The summed E-state index contributed by atoms with van der Waals surface area (Å²) in [5, 5.41) is 9.87. The minimum atomic E-state index is 0.275. The van der Waals surface area contributed by atoms with Gasteiger partial charge in [0.15, 0.2) is 5.13 Å². The molecule has 1 unspecified atom stereocenters. The van der Waals surface area contributed by atoms with Crippen LogP contribution in [0.1, 0.15) is 5.56 Å². The van der Waals surface area contributed by atoms with Crippen LogP contribution in [0, 0.1) is 6.92 Å². The summed E-state index contributed by atoms with van der Waals surface area (Å²) in [7, 11) is 0. The molecule has 4 rings (SSSR count). The maximum absolute atomic E-state index is 5.99. The summed E-state index contributed by atoms with van der Waals surface area (Å²) in [6, 6.07) is 8.82. The number of nitrogens with one attached hydrogen (secondary N) is 2. The maximum atomic E-state index is 5.99. The number of dihydropyridines is 1. The second-order valence-corrected chi connectivity index (χ2v) is 7.44. The first-order valence-corrected chi connectivity index (χ1v) is 9.90. The number of nitrogens with zero attached hydrogens (tertiary/aromatic N) is 2. The first-order valence-electron chi connectivity index (χ1n) is 9.02. The second-order valence-electron chi connectivity index (χ2n) is 6.60. The molecule has 3 heterocycles. The average Bonchev–Trinajstić information content (AvgIpc) is 3.18. The fourth-order valence-electron chi connectivity index (χ4n) is 3.15. The summed E-state index contributed by atoms with van der Waals surface area (Å²) >= 11 is 1.71. The van der Waals surface area contributed by atoms with Crippen molar-refractivity contribution in [2.45, 2.75) is 13.0 Å². The van der Waals surface area contributed by atoms with Gasteiger partial charge in [-0.25, -0.2) is 4.98 Å². The van der Waals surface area contributed by atoms with E-state index in [1.807, 2.05) is 12.3 Å². The van der Waals surface area contributed by atoms with Crippen molar-refractivity contribution >= 4 is 16.5 Å². The van der Waals surface area contributed by atoms with Crippen LogP contribution in [0.25, 0.3) is 11.3 Å². The summed E-state index contributed by atoms with van der Waals surface area (Å²) in [5.74, 6) is 0.890. The fourth-order valence-corrected chi connectivity index (χ4v) is 4.08. The Balaban J connectivity index is 1.46. The van der Waals surface area contributed by atoms with Gasteiger partial charge in [-0.1, -0.05) is 35.9 Å². The van der Waals surface area contributed by atoms with E-state index in [1.54, 1.807) is 11.3 Å². The number of hydrogen-bond acceptors (Lipinski definition) is 6. The van der Waals surface area contributed by atoms with Crippen LogP contribution in [0.15, 0.2) is 53.8 Å². The number of aryl methyl sites for hydroxylation is 1. The minimum Gasteiger partial charge on any atom is -0.490 e. The van der Waals surface area contributed by atoms with Gasteiger partial charge in [-0.3, -0.25) is 0 Å². The highest BCUT2D eigenvalue weighted by atomic mass is 32.1. The maximum Gasteiger partial charge on any atom is 0.186 e. The summed E-state index contributed by atoms with van der Waals surface area (Å²) in [6.45, 7) is 6.44. The third-order valence-corrected chi connectivity index (χ3v) is 5.52. The van der Waals surface area contributed by atoms with Crippen molar-refractivity contribution < 1.29 is 4.74 Å². The molecule has 2 aliphatic heterocycles. The lowest BCUT2D eigenvalue weighted by atomic mass is 10.1. The van der Waals surface area contributed by atoms with E-state index >= 15 is 0 Å². The zero-order valence-corrected chi connectivity index (χ0v) is 15.8. The first kappa shape index (κ1) is 17.1. The molecule has 1 fully saturated rings. The number of benzene rings is 1. The Morgan fingerprint density at radius 2 is 2.19 bits per heavy atom. The molecule has 0 aliphatic carbocycles. The van der Waals surface area contributed by atoms with Crippen LogP contribution < -0.4 is 15.5 Å². The zero-order chi connectivity index (χ0) is 17.8. The van der Waals surface area contributed by atoms with E-state index in [0.717, 1.165) is 42.8 Å². The summed E-state index contributed by atoms with van der Waals surface area (Å²) in [5.41, 5.74) is 3.49. The Bertz CT molecular complexity index is 796. The Morgan fingerprint density at radius 3 is 3.00 bits per heavy atom. The van der Waals surface area contributed by atoms with Crippen LogP contribution in [0.4, 0.5) is 5.13 Å². The lowest BCUT2D eigenvalue weighted by Crippen LogP contribution is -2.53. The number of allylic oxidation sites excluding steroid dienone is 1. The zero-order valence-electron chi connectivity index (χ0n) is 14.9. The van der Waals surface area contributed by atoms with E-state index < -0.39 is 0 Å². The van der Waals surface area contributed by atoms with Crippen LogP contribution in [0.2, 0.25) is 0 Å². The van der Waals surface area contributed by atoms with Gasteiger partial charge >= 0.3 is 0 Å². The predicted molar refractivity (Wildman–Crippen MR) is 107 cm³/mol. The molecule has 26 heavy (non-hydrogen) atoms. The molecule has 6 heteroatoms. The summed E-state index contributed by atoms with van der Waals surface area (Å²) in [6.07, 6.45) is 6.02. The number of aromatic nitrogens is 1. The molecule has 0 radical (unpaired) electrons. The molecular formula is C20H24N4OS. The summed E-state index contributed by atoms with van der Waals surface area (Å²) < 4.78 is 5.99. The van der Waals surface area contributed by atoms with E-state index in [0.29, 0.717) is 6.61 Å². The van der Waals surface area contributed by atoms with Crippen molar-refractivity contribution in [3.05, 3.63) is 59.3 Å². The van der Waals surface area contributed by atoms with E-state index in [9.17, 15) is 0 Å². The van der Waals surface area contributed by atoms with E-state index in [4.69, 9.17) is 9.72 Å². The number of piperazine rings is 1. The number of ether oxygens (including phenoxy) is 1. The molecule has 0 amide bonds. The topological polar surface area (TPSA) is 49.4 Å².